The Balaban J connectivity index is 2.70. The number of carbonyl (C=O) groups is 2. The zero-order valence-corrected chi connectivity index (χ0v) is 21.0. The number of esters is 2. The molecular weight excluding hydrogens is 400 g/mol. The predicted molar refractivity (Wildman–Crippen MR) is 132 cm³/mol. The molecule has 0 spiro atoms. The second kappa shape index (κ2) is 17.7. The van der Waals surface area contributed by atoms with E-state index >= 15 is 0 Å². The largest absolute Gasteiger partial charge is 0.462 e. The van der Waals surface area contributed by atoms with Crippen LogP contribution in [0.25, 0.3) is 0 Å². The van der Waals surface area contributed by atoms with Crippen molar-refractivity contribution in [2.45, 2.75) is 105 Å². The smallest absolute Gasteiger partial charge is 0.339 e. The molecule has 1 aromatic rings. The standard InChI is InChI=1S/C28H46O4/c1-5-9-11-17-23(15-7-3)21-31-27(29)25-19-13-14-20-26(25)28(30)32-22-24(16-8-4)18-12-10-6-2/h13-14,19-20,23-24H,5-12,15-18,21-22H2,1-4H3/t23-,24-/m0/s1. The van der Waals surface area contributed by atoms with Crippen LogP contribution in [0.1, 0.15) is 125 Å². The molecule has 0 aliphatic rings. The summed E-state index contributed by atoms with van der Waals surface area (Å²) >= 11 is 0. The normalized spacial score (nSPS) is 12.9. The molecule has 0 N–H and O–H groups in total. The molecule has 0 aromatic heterocycles. The number of unbranched alkanes of at least 4 members (excludes halogenated alkanes) is 4. The van der Waals surface area contributed by atoms with Crippen molar-refractivity contribution in [1.82, 2.24) is 0 Å². The van der Waals surface area contributed by atoms with Crippen LogP contribution in [0, 0.1) is 11.8 Å². The maximum atomic E-state index is 12.8. The first-order valence-electron chi connectivity index (χ1n) is 13.0. The van der Waals surface area contributed by atoms with Crippen molar-refractivity contribution in [3.63, 3.8) is 0 Å². The molecule has 0 saturated carbocycles. The van der Waals surface area contributed by atoms with Crippen molar-refractivity contribution in [1.29, 1.82) is 0 Å². The fourth-order valence-electron chi connectivity index (χ4n) is 4.19. The minimum atomic E-state index is -0.429. The van der Waals surface area contributed by atoms with Crippen LogP contribution in [-0.2, 0) is 9.47 Å². The molecule has 32 heavy (non-hydrogen) atoms. The highest BCUT2D eigenvalue weighted by molar-refractivity contribution is 6.03. The Kier molecular flexibility index (Phi) is 15.6. The van der Waals surface area contributed by atoms with Crippen LogP contribution in [0.2, 0.25) is 0 Å². The molecule has 0 radical (unpaired) electrons. The summed E-state index contributed by atoms with van der Waals surface area (Å²) in [6.45, 7) is 9.54. The molecular formula is C28H46O4. The zero-order valence-electron chi connectivity index (χ0n) is 21.0. The molecule has 1 aromatic carbocycles. The maximum Gasteiger partial charge on any atom is 0.339 e. The summed E-state index contributed by atoms with van der Waals surface area (Å²) in [5, 5.41) is 0. The van der Waals surface area contributed by atoms with Gasteiger partial charge in [-0.05, 0) is 49.7 Å². The molecule has 4 nitrogen and oxygen atoms in total. The number of benzene rings is 1. The van der Waals surface area contributed by atoms with Gasteiger partial charge in [-0.25, -0.2) is 9.59 Å². The van der Waals surface area contributed by atoms with E-state index in [1.807, 2.05) is 0 Å². The van der Waals surface area contributed by atoms with E-state index in [0.29, 0.717) is 36.2 Å². The highest BCUT2D eigenvalue weighted by Gasteiger charge is 2.21. The molecule has 1 rings (SSSR count). The zero-order chi connectivity index (χ0) is 23.6. The molecule has 182 valence electrons. The minimum absolute atomic E-state index is 0.305. The van der Waals surface area contributed by atoms with Gasteiger partial charge in [-0.1, -0.05) is 91.2 Å². The first-order chi connectivity index (χ1) is 15.6. The van der Waals surface area contributed by atoms with E-state index in [0.717, 1.165) is 38.5 Å². The molecule has 0 aliphatic carbocycles. The Bertz CT molecular complexity index is 585. The SMILES string of the molecule is CCCCC[C@H](CCC)COC(=O)c1ccccc1C(=O)OC[C@@H](CCC)CCCCC. The van der Waals surface area contributed by atoms with Gasteiger partial charge in [0.2, 0.25) is 0 Å². The fraction of sp³-hybridized carbons (Fsp3) is 0.714. The van der Waals surface area contributed by atoms with Gasteiger partial charge in [0.25, 0.3) is 0 Å². The van der Waals surface area contributed by atoms with Crippen molar-refractivity contribution >= 4 is 11.9 Å². The van der Waals surface area contributed by atoms with E-state index in [4.69, 9.17) is 9.47 Å². The second-order valence-electron chi connectivity index (χ2n) is 9.04. The van der Waals surface area contributed by atoms with Crippen molar-refractivity contribution in [3.05, 3.63) is 35.4 Å². The molecule has 2 atom stereocenters. The Labute approximate surface area is 196 Å². The topological polar surface area (TPSA) is 52.6 Å². The van der Waals surface area contributed by atoms with Crippen LogP contribution in [0.5, 0.6) is 0 Å². The van der Waals surface area contributed by atoms with Gasteiger partial charge >= 0.3 is 11.9 Å². The minimum Gasteiger partial charge on any atom is -0.462 e. The summed E-state index contributed by atoms with van der Waals surface area (Å²) in [5.41, 5.74) is 0.610. The third kappa shape index (κ3) is 11.2. The van der Waals surface area contributed by atoms with Gasteiger partial charge in [-0.2, -0.15) is 0 Å². The molecule has 0 fully saturated rings. The van der Waals surface area contributed by atoms with E-state index in [1.54, 1.807) is 24.3 Å². The van der Waals surface area contributed by atoms with Crippen LogP contribution in [0.3, 0.4) is 0 Å². The molecule has 0 saturated heterocycles. The number of rotatable bonds is 18. The Hall–Kier alpha value is -1.84. The third-order valence-electron chi connectivity index (χ3n) is 6.09. The average Bonchev–Trinajstić information content (AvgIpc) is 2.80. The predicted octanol–water partition coefficient (Wildman–Crippen LogP) is 7.99. The summed E-state index contributed by atoms with van der Waals surface area (Å²) in [6, 6.07) is 6.86. The van der Waals surface area contributed by atoms with E-state index < -0.39 is 11.9 Å². The number of hydrogen-bond donors (Lipinski definition) is 0. The third-order valence-corrected chi connectivity index (χ3v) is 6.09. The Morgan fingerprint density at radius 3 is 1.38 bits per heavy atom. The lowest BCUT2D eigenvalue weighted by atomic mass is 9.97. The summed E-state index contributed by atoms with van der Waals surface area (Å²) in [7, 11) is 0. The quantitative estimate of drug-likeness (QED) is 0.169. The second-order valence-corrected chi connectivity index (χ2v) is 9.04. The highest BCUT2D eigenvalue weighted by Crippen LogP contribution is 2.20. The van der Waals surface area contributed by atoms with Crippen LogP contribution < -0.4 is 0 Å². The van der Waals surface area contributed by atoms with Crippen LogP contribution in [-0.4, -0.2) is 25.2 Å². The molecule has 0 aliphatic heterocycles. The lowest BCUT2D eigenvalue weighted by Gasteiger charge is -2.18. The number of hydrogen-bond acceptors (Lipinski definition) is 4. The van der Waals surface area contributed by atoms with Crippen LogP contribution >= 0.6 is 0 Å². The monoisotopic (exact) mass is 446 g/mol. The van der Waals surface area contributed by atoms with Gasteiger partial charge in [-0.3, -0.25) is 0 Å². The van der Waals surface area contributed by atoms with Crippen LogP contribution in [0.15, 0.2) is 24.3 Å². The average molecular weight is 447 g/mol. The van der Waals surface area contributed by atoms with E-state index in [1.165, 1.54) is 38.5 Å². The van der Waals surface area contributed by atoms with Crippen molar-refractivity contribution in [2.24, 2.45) is 11.8 Å². The van der Waals surface area contributed by atoms with E-state index in [2.05, 4.69) is 27.7 Å². The van der Waals surface area contributed by atoms with Gasteiger partial charge in [0.15, 0.2) is 0 Å². The summed E-state index contributed by atoms with van der Waals surface area (Å²) < 4.78 is 11.3. The molecule has 0 unspecified atom stereocenters. The first kappa shape index (κ1) is 28.2. The maximum absolute atomic E-state index is 12.8. The van der Waals surface area contributed by atoms with Gasteiger partial charge in [0, 0.05) is 0 Å². The molecule has 0 bridgehead atoms. The highest BCUT2D eigenvalue weighted by atomic mass is 16.5. The van der Waals surface area contributed by atoms with Crippen molar-refractivity contribution < 1.29 is 19.1 Å². The van der Waals surface area contributed by atoms with E-state index in [9.17, 15) is 9.59 Å². The molecule has 4 heteroatoms. The van der Waals surface area contributed by atoms with Gasteiger partial charge < -0.3 is 9.47 Å². The van der Waals surface area contributed by atoms with Gasteiger partial charge in [0.1, 0.15) is 0 Å². The van der Waals surface area contributed by atoms with Crippen molar-refractivity contribution in [2.75, 3.05) is 13.2 Å². The lowest BCUT2D eigenvalue weighted by Crippen LogP contribution is -2.19. The summed E-state index contributed by atoms with van der Waals surface area (Å²) in [5.74, 6) is -0.0931. The van der Waals surface area contributed by atoms with Crippen LogP contribution in [0.4, 0.5) is 0 Å². The first-order valence-corrected chi connectivity index (χ1v) is 13.0. The van der Waals surface area contributed by atoms with Crippen molar-refractivity contribution in [3.8, 4) is 0 Å². The number of carbonyl (C=O) groups excluding carboxylic acids is 2. The summed E-state index contributed by atoms with van der Waals surface area (Å²) in [6.07, 6.45) is 13.5. The number of ether oxygens (including phenoxy) is 2. The fourth-order valence-corrected chi connectivity index (χ4v) is 4.19. The van der Waals surface area contributed by atoms with Gasteiger partial charge in [0.05, 0.1) is 24.3 Å². The Morgan fingerprint density at radius 2 is 1.03 bits per heavy atom. The molecule has 0 heterocycles. The lowest BCUT2D eigenvalue weighted by molar-refractivity contribution is 0.0377. The Morgan fingerprint density at radius 1 is 0.625 bits per heavy atom. The summed E-state index contributed by atoms with van der Waals surface area (Å²) in [4.78, 5) is 25.6. The van der Waals surface area contributed by atoms with E-state index in [-0.39, 0.29) is 0 Å². The molecule has 0 amide bonds. The van der Waals surface area contributed by atoms with Gasteiger partial charge in [-0.15, -0.1) is 0 Å².